The summed E-state index contributed by atoms with van der Waals surface area (Å²) in [6.45, 7) is 5.71. The Balaban J connectivity index is 4.37. The predicted octanol–water partition coefficient (Wildman–Crippen LogP) is 0.817. The van der Waals surface area contributed by atoms with Crippen LogP contribution in [0.25, 0.3) is 0 Å². The maximum Gasteiger partial charge on any atom is 0.231 e. The molecule has 0 aliphatic rings. The fourth-order valence-electron chi connectivity index (χ4n) is 0.916. The monoisotopic (exact) mass is 207 g/mol. The fourth-order valence-corrected chi connectivity index (χ4v) is 1.62. The number of hydrogen-bond acceptors (Lipinski definition) is 3. The van der Waals surface area contributed by atoms with Crippen LogP contribution < -0.4 is 0 Å². The highest BCUT2D eigenvalue weighted by atomic mass is 32.2. The minimum absolute atomic E-state index is 0.0762. The molecule has 0 spiro atoms. The van der Waals surface area contributed by atoms with Crippen LogP contribution >= 0.6 is 0 Å². The second kappa shape index (κ2) is 5.24. The molecular weight excluding hydrogens is 190 g/mol. The molecule has 0 saturated heterocycles. The molecule has 0 aromatic heterocycles. The van der Waals surface area contributed by atoms with Gasteiger partial charge in [0, 0.05) is 13.3 Å². The fraction of sp³-hybridized carbons (Fsp3) is 0.750. The van der Waals surface area contributed by atoms with Crippen LogP contribution in [0.1, 0.15) is 13.3 Å². The minimum atomic E-state index is -3.19. The SMILES string of the molecule is C=CN(C[C@H](CC)OC)S(C)(=O)=O. The lowest BCUT2D eigenvalue weighted by molar-refractivity contribution is 0.0889. The van der Waals surface area contributed by atoms with Gasteiger partial charge >= 0.3 is 0 Å². The third kappa shape index (κ3) is 4.28. The summed E-state index contributed by atoms with van der Waals surface area (Å²) in [7, 11) is -1.63. The zero-order valence-corrected chi connectivity index (χ0v) is 9.17. The summed E-state index contributed by atoms with van der Waals surface area (Å²) in [4.78, 5) is 0. The van der Waals surface area contributed by atoms with E-state index in [9.17, 15) is 8.42 Å². The predicted molar refractivity (Wildman–Crippen MR) is 52.8 cm³/mol. The van der Waals surface area contributed by atoms with Gasteiger partial charge in [0.05, 0.1) is 18.9 Å². The van der Waals surface area contributed by atoms with Gasteiger partial charge in [-0.15, -0.1) is 0 Å². The van der Waals surface area contributed by atoms with E-state index in [4.69, 9.17) is 4.74 Å². The van der Waals surface area contributed by atoms with Gasteiger partial charge in [-0.05, 0) is 6.42 Å². The van der Waals surface area contributed by atoms with Crippen molar-refractivity contribution in [1.29, 1.82) is 0 Å². The van der Waals surface area contributed by atoms with Crippen molar-refractivity contribution in [3.63, 3.8) is 0 Å². The Morgan fingerprint density at radius 1 is 1.62 bits per heavy atom. The largest absolute Gasteiger partial charge is 0.380 e. The van der Waals surface area contributed by atoms with Crippen molar-refractivity contribution in [2.75, 3.05) is 19.9 Å². The maximum atomic E-state index is 11.1. The first-order chi connectivity index (χ1) is 5.95. The normalized spacial score (nSPS) is 13.8. The van der Waals surface area contributed by atoms with E-state index in [2.05, 4.69) is 6.58 Å². The van der Waals surface area contributed by atoms with Gasteiger partial charge in [0.15, 0.2) is 0 Å². The summed E-state index contributed by atoms with van der Waals surface area (Å²) in [5, 5.41) is 0. The quantitative estimate of drug-likeness (QED) is 0.647. The molecule has 0 aromatic rings. The second-order valence-corrected chi connectivity index (χ2v) is 4.72. The van der Waals surface area contributed by atoms with E-state index in [-0.39, 0.29) is 6.10 Å². The van der Waals surface area contributed by atoms with Crippen molar-refractivity contribution >= 4 is 10.0 Å². The van der Waals surface area contributed by atoms with Gasteiger partial charge in [0.1, 0.15) is 0 Å². The summed E-state index contributed by atoms with van der Waals surface area (Å²) < 4.78 is 28.5. The number of ether oxygens (including phenoxy) is 1. The van der Waals surface area contributed by atoms with E-state index in [1.807, 2.05) is 6.92 Å². The number of nitrogens with zero attached hydrogens (tertiary/aromatic N) is 1. The van der Waals surface area contributed by atoms with Gasteiger partial charge in [-0.25, -0.2) is 8.42 Å². The molecule has 0 saturated carbocycles. The highest BCUT2D eigenvalue weighted by molar-refractivity contribution is 7.88. The average molecular weight is 207 g/mol. The lowest BCUT2D eigenvalue weighted by Crippen LogP contribution is -2.33. The van der Waals surface area contributed by atoms with Crippen molar-refractivity contribution in [3.8, 4) is 0 Å². The molecule has 0 fully saturated rings. The Hall–Kier alpha value is -0.550. The Morgan fingerprint density at radius 3 is 2.38 bits per heavy atom. The topological polar surface area (TPSA) is 46.6 Å². The Bertz CT molecular complexity index is 244. The molecule has 0 aliphatic heterocycles. The molecule has 4 nitrogen and oxygen atoms in total. The molecule has 0 amide bonds. The third-order valence-corrected chi connectivity index (χ3v) is 2.95. The molecule has 0 N–H and O–H groups in total. The summed E-state index contributed by atoms with van der Waals surface area (Å²) in [6, 6.07) is 0. The molecule has 78 valence electrons. The molecule has 0 aliphatic carbocycles. The van der Waals surface area contributed by atoms with E-state index in [1.54, 1.807) is 7.11 Å². The Kier molecular flexibility index (Phi) is 5.02. The van der Waals surface area contributed by atoms with Gasteiger partial charge in [-0.3, -0.25) is 4.31 Å². The maximum absolute atomic E-state index is 11.1. The van der Waals surface area contributed by atoms with Gasteiger partial charge in [0.2, 0.25) is 10.0 Å². The van der Waals surface area contributed by atoms with Crippen molar-refractivity contribution < 1.29 is 13.2 Å². The highest BCUT2D eigenvalue weighted by Gasteiger charge is 2.15. The molecule has 5 heteroatoms. The van der Waals surface area contributed by atoms with Crippen molar-refractivity contribution in [1.82, 2.24) is 4.31 Å². The zero-order valence-electron chi connectivity index (χ0n) is 8.36. The molecule has 0 rings (SSSR count). The molecule has 13 heavy (non-hydrogen) atoms. The first kappa shape index (κ1) is 12.4. The zero-order chi connectivity index (χ0) is 10.5. The molecule has 0 radical (unpaired) electrons. The van der Waals surface area contributed by atoms with Gasteiger partial charge in [-0.2, -0.15) is 0 Å². The lowest BCUT2D eigenvalue weighted by Gasteiger charge is -2.22. The minimum Gasteiger partial charge on any atom is -0.380 e. The summed E-state index contributed by atoms with van der Waals surface area (Å²) in [6.07, 6.45) is 3.15. The first-order valence-corrected chi connectivity index (χ1v) is 5.92. The van der Waals surface area contributed by atoms with Gasteiger partial charge in [-0.1, -0.05) is 13.5 Å². The standard InChI is InChI=1S/C8H17NO3S/c1-5-8(12-3)7-9(6-2)13(4,10)11/h6,8H,2,5,7H2,1,3-4H3/t8-/m0/s1. The lowest BCUT2D eigenvalue weighted by atomic mass is 10.3. The third-order valence-electron chi connectivity index (χ3n) is 1.80. The van der Waals surface area contributed by atoms with Crippen LogP contribution in [0.4, 0.5) is 0 Å². The van der Waals surface area contributed by atoms with E-state index in [1.165, 1.54) is 10.5 Å². The Labute approximate surface area is 80.2 Å². The van der Waals surface area contributed by atoms with Gasteiger partial charge < -0.3 is 4.74 Å². The first-order valence-electron chi connectivity index (χ1n) is 4.07. The number of rotatable bonds is 6. The molecule has 1 atom stereocenters. The van der Waals surface area contributed by atoms with E-state index < -0.39 is 10.0 Å². The highest BCUT2D eigenvalue weighted by Crippen LogP contribution is 2.04. The van der Waals surface area contributed by atoms with Crippen LogP contribution in [0.15, 0.2) is 12.8 Å². The summed E-state index contributed by atoms with van der Waals surface area (Å²) in [5.41, 5.74) is 0. The van der Waals surface area contributed by atoms with Crippen LogP contribution in [0.5, 0.6) is 0 Å². The smallest absolute Gasteiger partial charge is 0.231 e. The number of sulfonamides is 1. The van der Waals surface area contributed by atoms with Crippen LogP contribution in [-0.4, -0.2) is 38.7 Å². The average Bonchev–Trinajstić information content (AvgIpc) is 2.04. The molecule has 0 unspecified atom stereocenters. The van der Waals surface area contributed by atoms with Gasteiger partial charge in [0.25, 0.3) is 0 Å². The summed E-state index contributed by atoms with van der Waals surface area (Å²) in [5.74, 6) is 0. The summed E-state index contributed by atoms with van der Waals surface area (Å²) >= 11 is 0. The van der Waals surface area contributed by atoms with Crippen LogP contribution in [0.2, 0.25) is 0 Å². The second-order valence-electron chi connectivity index (χ2n) is 2.78. The van der Waals surface area contributed by atoms with Crippen LogP contribution in [0.3, 0.4) is 0 Å². The number of methoxy groups -OCH3 is 1. The van der Waals surface area contributed by atoms with E-state index in [0.717, 1.165) is 12.7 Å². The molecule has 0 heterocycles. The van der Waals surface area contributed by atoms with E-state index >= 15 is 0 Å². The van der Waals surface area contributed by atoms with Crippen LogP contribution in [-0.2, 0) is 14.8 Å². The van der Waals surface area contributed by atoms with E-state index in [0.29, 0.717) is 6.54 Å². The molecular formula is C8H17NO3S. The number of hydrogen-bond donors (Lipinski definition) is 0. The molecule has 0 bridgehead atoms. The van der Waals surface area contributed by atoms with Crippen molar-refractivity contribution in [2.24, 2.45) is 0 Å². The van der Waals surface area contributed by atoms with Crippen molar-refractivity contribution in [2.45, 2.75) is 19.4 Å². The van der Waals surface area contributed by atoms with Crippen molar-refractivity contribution in [3.05, 3.63) is 12.8 Å². The Morgan fingerprint density at radius 2 is 2.15 bits per heavy atom. The molecule has 0 aromatic carbocycles. The van der Waals surface area contributed by atoms with Crippen LogP contribution in [0, 0.1) is 0 Å².